The van der Waals surface area contributed by atoms with E-state index < -0.39 is 15.3 Å². The van der Waals surface area contributed by atoms with Crippen LogP contribution in [0.2, 0.25) is 0 Å². The fourth-order valence-electron chi connectivity index (χ4n) is 2.03. The normalized spacial score (nSPS) is 12.9. The average Bonchev–Trinajstić information content (AvgIpc) is 2.56. The molecule has 0 N–H and O–H groups in total. The van der Waals surface area contributed by atoms with Crippen molar-refractivity contribution in [3.05, 3.63) is 60.7 Å². The molecule has 3 nitrogen and oxygen atoms in total. The molecule has 0 aliphatic rings. The summed E-state index contributed by atoms with van der Waals surface area (Å²) in [6.45, 7) is 2.66. The van der Waals surface area contributed by atoms with E-state index in [9.17, 15) is 8.42 Å². The van der Waals surface area contributed by atoms with Crippen molar-refractivity contribution >= 4 is 21.6 Å². The lowest BCUT2D eigenvalue weighted by atomic mass is 10.4. The maximum atomic E-state index is 12.6. The molecule has 0 aliphatic heterocycles. The summed E-state index contributed by atoms with van der Waals surface area (Å²) in [6.07, 6.45) is 1.95. The van der Waals surface area contributed by atoms with Gasteiger partial charge >= 0.3 is 0 Å². The van der Waals surface area contributed by atoms with Crippen LogP contribution in [0.1, 0.15) is 19.8 Å². The van der Waals surface area contributed by atoms with E-state index >= 15 is 0 Å². The van der Waals surface area contributed by atoms with E-state index in [1.165, 1.54) is 11.8 Å². The Hall–Kier alpha value is -1.30. The van der Waals surface area contributed by atoms with Crippen molar-refractivity contribution in [1.82, 2.24) is 0 Å². The first-order chi connectivity index (χ1) is 11.1. The zero-order valence-corrected chi connectivity index (χ0v) is 14.9. The minimum atomic E-state index is -3.36. The van der Waals surface area contributed by atoms with Gasteiger partial charge in [-0.05, 0) is 30.7 Å². The van der Waals surface area contributed by atoms with Crippen molar-refractivity contribution in [2.24, 2.45) is 0 Å². The Morgan fingerprint density at radius 3 is 2.22 bits per heavy atom. The monoisotopic (exact) mass is 350 g/mol. The topological polar surface area (TPSA) is 43.4 Å². The van der Waals surface area contributed by atoms with Crippen molar-refractivity contribution in [2.45, 2.75) is 35.0 Å². The van der Waals surface area contributed by atoms with Gasteiger partial charge in [0.25, 0.3) is 0 Å². The number of ether oxygens (including phenoxy) is 1. The van der Waals surface area contributed by atoms with E-state index in [-0.39, 0.29) is 5.75 Å². The summed E-state index contributed by atoms with van der Waals surface area (Å²) in [4.78, 5) is 1.36. The van der Waals surface area contributed by atoms with Crippen molar-refractivity contribution in [2.75, 3.05) is 12.4 Å². The molecule has 124 valence electrons. The molecule has 0 fully saturated rings. The number of sulfone groups is 1. The molecule has 0 aliphatic carbocycles. The quantitative estimate of drug-likeness (QED) is 0.382. The molecule has 0 radical (unpaired) electrons. The molecule has 0 aromatic heterocycles. The van der Waals surface area contributed by atoms with Crippen LogP contribution in [0.5, 0.6) is 0 Å². The smallest absolute Gasteiger partial charge is 0.181 e. The maximum Gasteiger partial charge on any atom is 0.181 e. The minimum Gasteiger partial charge on any atom is -0.366 e. The molecule has 1 unspecified atom stereocenters. The fraction of sp³-hybridized carbons (Fsp3) is 0.333. The Morgan fingerprint density at radius 2 is 1.61 bits per heavy atom. The van der Waals surface area contributed by atoms with Crippen LogP contribution >= 0.6 is 11.8 Å². The number of hydrogen-bond acceptors (Lipinski definition) is 4. The van der Waals surface area contributed by atoms with Gasteiger partial charge < -0.3 is 4.74 Å². The molecule has 0 amide bonds. The largest absolute Gasteiger partial charge is 0.366 e. The fourth-order valence-corrected chi connectivity index (χ4v) is 4.84. The predicted octanol–water partition coefficient (Wildman–Crippen LogP) is 4.40. The molecule has 0 heterocycles. The molecule has 2 aromatic rings. The molecule has 0 saturated carbocycles. The van der Waals surface area contributed by atoms with Crippen LogP contribution in [-0.2, 0) is 14.6 Å². The van der Waals surface area contributed by atoms with Gasteiger partial charge in [0.15, 0.2) is 9.84 Å². The molecule has 0 spiro atoms. The van der Waals surface area contributed by atoms with E-state index in [1.807, 2.05) is 36.4 Å². The SMILES string of the molecule is CCCCOC(CS(=O)(=O)c1ccccc1)Sc1ccccc1. The second-order valence-corrected chi connectivity index (χ2v) is 8.45. The summed E-state index contributed by atoms with van der Waals surface area (Å²) in [7, 11) is -3.36. The minimum absolute atomic E-state index is 0.0275. The molecule has 23 heavy (non-hydrogen) atoms. The van der Waals surface area contributed by atoms with Crippen molar-refractivity contribution < 1.29 is 13.2 Å². The van der Waals surface area contributed by atoms with Gasteiger partial charge in [-0.15, -0.1) is 0 Å². The highest BCUT2D eigenvalue weighted by Crippen LogP contribution is 2.27. The van der Waals surface area contributed by atoms with Crippen LogP contribution in [0.3, 0.4) is 0 Å². The van der Waals surface area contributed by atoms with Crippen LogP contribution in [0, 0.1) is 0 Å². The first kappa shape index (κ1) is 18.0. The first-order valence-corrected chi connectivity index (χ1v) is 10.3. The van der Waals surface area contributed by atoms with Gasteiger partial charge in [-0.2, -0.15) is 0 Å². The summed E-state index contributed by atoms with van der Waals surface area (Å²) in [5, 5.41) is 0. The Labute approximate surface area is 143 Å². The molecule has 0 bridgehead atoms. The zero-order chi connectivity index (χ0) is 16.5. The highest BCUT2D eigenvalue weighted by Gasteiger charge is 2.22. The van der Waals surface area contributed by atoms with E-state index in [4.69, 9.17) is 4.74 Å². The zero-order valence-electron chi connectivity index (χ0n) is 13.2. The van der Waals surface area contributed by atoms with E-state index in [0.29, 0.717) is 11.5 Å². The second-order valence-electron chi connectivity index (χ2n) is 5.18. The van der Waals surface area contributed by atoms with Gasteiger partial charge in [0, 0.05) is 11.5 Å². The Balaban J connectivity index is 2.10. The van der Waals surface area contributed by atoms with Gasteiger partial charge in [0.05, 0.1) is 10.6 Å². The Bertz CT molecular complexity index is 670. The standard InChI is InChI=1S/C18H22O3S2/c1-2-3-14-21-18(22-16-10-6-4-7-11-16)15-23(19,20)17-12-8-5-9-13-17/h4-13,18H,2-3,14-15H2,1H3. The second kappa shape index (κ2) is 9.11. The Kier molecular flexibility index (Phi) is 7.15. The number of hydrogen-bond donors (Lipinski definition) is 0. The van der Waals surface area contributed by atoms with Crippen LogP contribution in [0.25, 0.3) is 0 Å². The lowest BCUT2D eigenvalue weighted by Gasteiger charge is -2.17. The van der Waals surface area contributed by atoms with Crippen molar-refractivity contribution in [3.63, 3.8) is 0 Å². The average molecular weight is 351 g/mol. The molecule has 2 rings (SSSR count). The van der Waals surface area contributed by atoms with E-state index in [2.05, 4.69) is 6.92 Å². The summed E-state index contributed by atoms with van der Waals surface area (Å²) in [5.41, 5.74) is -0.408. The number of unbranched alkanes of at least 4 members (excludes halogenated alkanes) is 1. The number of thioether (sulfide) groups is 1. The van der Waals surface area contributed by atoms with Gasteiger partial charge in [0.2, 0.25) is 0 Å². The highest BCUT2D eigenvalue weighted by atomic mass is 32.2. The van der Waals surface area contributed by atoms with Gasteiger partial charge in [-0.3, -0.25) is 0 Å². The molecular formula is C18H22O3S2. The number of benzene rings is 2. The van der Waals surface area contributed by atoms with Gasteiger partial charge in [0.1, 0.15) is 5.44 Å². The predicted molar refractivity (Wildman–Crippen MR) is 95.4 cm³/mol. The third-order valence-corrected chi connectivity index (χ3v) is 6.32. The van der Waals surface area contributed by atoms with Crippen LogP contribution in [-0.4, -0.2) is 26.2 Å². The third-order valence-electron chi connectivity index (χ3n) is 3.27. The maximum absolute atomic E-state index is 12.6. The lowest BCUT2D eigenvalue weighted by molar-refractivity contribution is 0.123. The summed E-state index contributed by atoms with van der Waals surface area (Å²) < 4.78 is 31.0. The van der Waals surface area contributed by atoms with Crippen LogP contribution in [0.4, 0.5) is 0 Å². The summed E-state index contributed by atoms with van der Waals surface area (Å²) >= 11 is 1.46. The molecule has 5 heteroatoms. The molecule has 0 saturated heterocycles. The lowest BCUT2D eigenvalue weighted by Crippen LogP contribution is -2.22. The summed E-state index contributed by atoms with van der Waals surface area (Å²) in [5.74, 6) is -0.0275. The van der Waals surface area contributed by atoms with Gasteiger partial charge in [-0.25, -0.2) is 8.42 Å². The third kappa shape index (κ3) is 6.01. The Morgan fingerprint density at radius 1 is 1.00 bits per heavy atom. The molecule has 1 atom stereocenters. The summed E-state index contributed by atoms with van der Waals surface area (Å²) in [6, 6.07) is 18.3. The van der Waals surface area contributed by atoms with E-state index in [0.717, 1.165) is 17.7 Å². The van der Waals surface area contributed by atoms with E-state index in [1.54, 1.807) is 24.3 Å². The first-order valence-electron chi connectivity index (χ1n) is 7.73. The van der Waals surface area contributed by atoms with Crippen molar-refractivity contribution in [1.29, 1.82) is 0 Å². The van der Waals surface area contributed by atoms with Gasteiger partial charge in [-0.1, -0.05) is 61.5 Å². The molecular weight excluding hydrogens is 328 g/mol. The van der Waals surface area contributed by atoms with Crippen LogP contribution in [0.15, 0.2) is 70.5 Å². The molecule has 2 aromatic carbocycles. The number of rotatable bonds is 9. The highest BCUT2D eigenvalue weighted by molar-refractivity contribution is 8.01. The van der Waals surface area contributed by atoms with Crippen LogP contribution < -0.4 is 0 Å². The van der Waals surface area contributed by atoms with Crippen molar-refractivity contribution in [3.8, 4) is 0 Å².